The van der Waals surface area contributed by atoms with E-state index in [1.54, 1.807) is 22.8 Å². The third kappa shape index (κ3) is 2.38. The first-order chi connectivity index (χ1) is 9.57. The Morgan fingerprint density at radius 1 is 1.60 bits per heavy atom. The highest BCUT2D eigenvalue weighted by molar-refractivity contribution is 5.93. The number of hydrogen-bond donors (Lipinski definition) is 1. The van der Waals surface area contributed by atoms with Gasteiger partial charge in [-0.3, -0.25) is 4.79 Å². The van der Waals surface area contributed by atoms with E-state index in [0.29, 0.717) is 17.9 Å². The van der Waals surface area contributed by atoms with E-state index in [2.05, 4.69) is 15.4 Å². The van der Waals surface area contributed by atoms with Crippen molar-refractivity contribution in [1.29, 1.82) is 0 Å². The van der Waals surface area contributed by atoms with Gasteiger partial charge >= 0.3 is 0 Å². The van der Waals surface area contributed by atoms with Gasteiger partial charge < -0.3 is 10.1 Å². The molecule has 0 aromatic carbocycles. The third-order valence-corrected chi connectivity index (χ3v) is 3.64. The van der Waals surface area contributed by atoms with Gasteiger partial charge in [0, 0.05) is 24.9 Å². The van der Waals surface area contributed by atoms with Crippen LogP contribution in [-0.4, -0.2) is 39.3 Å². The molecule has 0 bridgehead atoms. The van der Waals surface area contributed by atoms with Crippen LogP contribution in [0.5, 0.6) is 0 Å². The van der Waals surface area contributed by atoms with Crippen molar-refractivity contribution in [2.75, 3.05) is 13.2 Å². The maximum absolute atomic E-state index is 12.4. The highest BCUT2D eigenvalue weighted by Crippen LogP contribution is 2.24. The monoisotopic (exact) mass is 274 g/mol. The molecule has 2 aromatic rings. The van der Waals surface area contributed by atoms with Crippen LogP contribution in [-0.2, 0) is 4.74 Å². The first kappa shape index (κ1) is 13.1. The Hall–Kier alpha value is -1.95. The number of amides is 1. The summed E-state index contributed by atoms with van der Waals surface area (Å²) in [5.74, 6) is -0.152. The van der Waals surface area contributed by atoms with Crippen LogP contribution < -0.4 is 5.32 Å². The fourth-order valence-corrected chi connectivity index (χ4v) is 2.53. The molecule has 1 N–H and O–H groups in total. The molecule has 0 spiro atoms. The van der Waals surface area contributed by atoms with Gasteiger partial charge in [-0.15, -0.1) is 0 Å². The van der Waals surface area contributed by atoms with Crippen LogP contribution in [0, 0.1) is 6.92 Å². The molecule has 0 saturated carbocycles. The first-order valence-electron chi connectivity index (χ1n) is 6.81. The van der Waals surface area contributed by atoms with Crippen LogP contribution in [0.4, 0.5) is 0 Å². The standard InChI is InChI=1S/C14H18N4O2/c1-10-8-11(18-12(17-10)4-6-16-18)13(19)15-9-14(2)5-3-7-20-14/h4,6,8H,3,5,7,9H2,1-2H3,(H,15,19). The zero-order valence-corrected chi connectivity index (χ0v) is 11.7. The van der Waals surface area contributed by atoms with E-state index in [1.807, 2.05) is 13.8 Å². The molecular formula is C14H18N4O2. The number of nitrogens with zero attached hydrogens (tertiary/aromatic N) is 3. The number of fused-ring (bicyclic) bond motifs is 1. The van der Waals surface area contributed by atoms with Crippen LogP contribution in [0.3, 0.4) is 0 Å². The fourth-order valence-electron chi connectivity index (χ4n) is 2.53. The van der Waals surface area contributed by atoms with E-state index in [9.17, 15) is 4.79 Å². The summed E-state index contributed by atoms with van der Waals surface area (Å²) >= 11 is 0. The van der Waals surface area contributed by atoms with Crippen molar-refractivity contribution in [2.24, 2.45) is 0 Å². The minimum Gasteiger partial charge on any atom is -0.373 e. The lowest BCUT2D eigenvalue weighted by atomic mass is 10.0. The number of aromatic nitrogens is 3. The number of carbonyl (C=O) groups is 1. The molecule has 1 atom stereocenters. The summed E-state index contributed by atoms with van der Waals surface area (Å²) in [6.45, 7) is 5.17. The quantitative estimate of drug-likeness (QED) is 0.917. The highest BCUT2D eigenvalue weighted by Gasteiger charge is 2.30. The summed E-state index contributed by atoms with van der Waals surface area (Å²) < 4.78 is 7.23. The van der Waals surface area contributed by atoms with Gasteiger partial charge in [0.1, 0.15) is 5.69 Å². The van der Waals surface area contributed by atoms with Gasteiger partial charge in [-0.2, -0.15) is 5.10 Å². The van der Waals surface area contributed by atoms with Crippen LogP contribution in [0.25, 0.3) is 5.65 Å². The normalized spacial score (nSPS) is 22.3. The van der Waals surface area contributed by atoms with Gasteiger partial charge in [-0.1, -0.05) is 0 Å². The molecular weight excluding hydrogens is 256 g/mol. The van der Waals surface area contributed by atoms with Crippen molar-refractivity contribution in [3.05, 3.63) is 29.7 Å². The molecule has 1 unspecified atom stereocenters. The molecule has 6 heteroatoms. The van der Waals surface area contributed by atoms with Gasteiger partial charge in [0.25, 0.3) is 5.91 Å². The fraction of sp³-hybridized carbons (Fsp3) is 0.500. The second-order valence-electron chi connectivity index (χ2n) is 5.47. The summed E-state index contributed by atoms with van der Waals surface area (Å²) in [4.78, 5) is 16.7. The van der Waals surface area contributed by atoms with Crippen molar-refractivity contribution < 1.29 is 9.53 Å². The molecule has 2 aromatic heterocycles. The predicted molar refractivity (Wildman–Crippen MR) is 73.6 cm³/mol. The maximum Gasteiger partial charge on any atom is 0.270 e. The topological polar surface area (TPSA) is 68.5 Å². The van der Waals surface area contributed by atoms with E-state index in [0.717, 1.165) is 25.1 Å². The molecule has 20 heavy (non-hydrogen) atoms. The van der Waals surface area contributed by atoms with Gasteiger partial charge in [0.2, 0.25) is 0 Å². The minimum atomic E-state index is -0.249. The van der Waals surface area contributed by atoms with Crippen molar-refractivity contribution in [1.82, 2.24) is 19.9 Å². The van der Waals surface area contributed by atoms with E-state index in [4.69, 9.17) is 4.74 Å². The van der Waals surface area contributed by atoms with Crippen molar-refractivity contribution in [2.45, 2.75) is 32.3 Å². The Kier molecular flexibility index (Phi) is 3.17. The highest BCUT2D eigenvalue weighted by atomic mass is 16.5. The smallest absolute Gasteiger partial charge is 0.270 e. The molecule has 6 nitrogen and oxygen atoms in total. The summed E-state index contributed by atoms with van der Waals surface area (Å²) in [6.07, 6.45) is 3.66. The van der Waals surface area contributed by atoms with Gasteiger partial charge in [0.15, 0.2) is 5.65 Å². The van der Waals surface area contributed by atoms with E-state index >= 15 is 0 Å². The first-order valence-corrected chi connectivity index (χ1v) is 6.81. The number of carbonyl (C=O) groups excluding carboxylic acids is 1. The lowest BCUT2D eigenvalue weighted by Gasteiger charge is -2.23. The van der Waals surface area contributed by atoms with Crippen molar-refractivity contribution in [3.8, 4) is 0 Å². The van der Waals surface area contributed by atoms with Crippen LogP contribution in [0.1, 0.15) is 35.9 Å². The molecule has 0 radical (unpaired) electrons. The summed E-state index contributed by atoms with van der Waals surface area (Å²) in [5.41, 5.74) is 1.73. The number of nitrogens with one attached hydrogen (secondary N) is 1. The molecule has 3 heterocycles. The largest absolute Gasteiger partial charge is 0.373 e. The molecule has 3 rings (SSSR count). The Balaban J connectivity index is 1.80. The number of aryl methyl sites for hydroxylation is 1. The third-order valence-electron chi connectivity index (χ3n) is 3.64. The Morgan fingerprint density at radius 3 is 3.20 bits per heavy atom. The molecule has 1 fully saturated rings. The van der Waals surface area contributed by atoms with Crippen LogP contribution in [0.2, 0.25) is 0 Å². The summed E-state index contributed by atoms with van der Waals surface area (Å²) in [5, 5.41) is 7.08. The van der Waals surface area contributed by atoms with Crippen LogP contribution >= 0.6 is 0 Å². The average molecular weight is 274 g/mol. The molecule has 106 valence electrons. The zero-order valence-electron chi connectivity index (χ0n) is 11.7. The lowest BCUT2D eigenvalue weighted by Crippen LogP contribution is -2.40. The SMILES string of the molecule is Cc1cc(C(=O)NCC2(C)CCCO2)n2nccc2n1. The lowest BCUT2D eigenvalue weighted by molar-refractivity contribution is 0.0205. The van der Waals surface area contributed by atoms with E-state index < -0.39 is 0 Å². The number of rotatable bonds is 3. The number of ether oxygens (including phenoxy) is 1. The Bertz CT molecular complexity index is 644. The average Bonchev–Trinajstić information content (AvgIpc) is 3.04. The van der Waals surface area contributed by atoms with E-state index in [-0.39, 0.29) is 11.5 Å². The molecule has 0 aliphatic carbocycles. The molecule has 1 amide bonds. The predicted octanol–water partition coefficient (Wildman–Crippen LogP) is 1.34. The van der Waals surface area contributed by atoms with Gasteiger partial charge in [-0.05, 0) is 32.8 Å². The second-order valence-corrected chi connectivity index (χ2v) is 5.47. The van der Waals surface area contributed by atoms with Crippen molar-refractivity contribution in [3.63, 3.8) is 0 Å². The molecule has 1 aliphatic heterocycles. The summed E-state index contributed by atoms with van der Waals surface area (Å²) in [6, 6.07) is 3.53. The van der Waals surface area contributed by atoms with Crippen molar-refractivity contribution >= 4 is 11.6 Å². The summed E-state index contributed by atoms with van der Waals surface area (Å²) in [7, 11) is 0. The van der Waals surface area contributed by atoms with Crippen LogP contribution in [0.15, 0.2) is 18.3 Å². The Labute approximate surface area is 117 Å². The maximum atomic E-state index is 12.4. The Morgan fingerprint density at radius 2 is 2.45 bits per heavy atom. The minimum absolute atomic E-state index is 0.152. The second kappa shape index (κ2) is 4.86. The van der Waals surface area contributed by atoms with Gasteiger partial charge in [-0.25, -0.2) is 9.50 Å². The molecule has 1 saturated heterocycles. The van der Waals surface area contributed by atoms with Gasteiger partial charge in [0.05, 0.1) is 11.8 Å². The van der Waals surface area contributed by atoms with E-state index in [1.165, 1.54) is 0 Å². The molecule has 1 aliphatic rings. The zero-order chi connectivity index (χ0) is 14.2. The number of hydrogen-bond acceptors (Lipinski definition) is 4.